The van der Waals surface area contributed by atoms with Gasteiger partial charge in [-0.05, 0) is 24.1 Å². The minimum atomic E-state index is -0.191. The number of nitrogens with one attached hydrogen (secondary N) is 1. The topological polar surface area (TPSA) is 92.4 Å². The van der Waals surface area contributed by atoms with Gasteiger partial charge < -0.3 is 10.4 Å². The number of imidazole rings is 1. The number of hydrogen-bond acceptors (Lipinski definition) is 6. The molecule has 0 unspecified atom stereocenters. The Morgan fingerprint density at radius 3 is 2.87 bits per heavy atom. The van der Waals surface area contributed by atoms with E-state index >= 15 is 0 Å². The SMILES string of the molecule is Cc1cc(O)cc2nc(-c3ccc(CNC(=O)c4cnc5nccn5c4)cc3)sc12. The van der Waals surface area contributed by atoms with Crippen LogP contribution in [0, 0.1) is 6.92 Å². The molecule has 5 rings (SSSR count). The van der Waals surface area contributed by atoms with Crippen LogP contribution in [0.1, 0.15) is 21.5 Å². The van der Waals surface area contributed by atoms with E-state index in [2.05, 4.69) is 20.3 Å². The number of carbonyl (C=O) groups is 1. The first kappa shape index (κ1) is 18.3. The van der Waals surface area contributed by atoms with Crippen LogP contribution in [0.2, 0.25) is 0 Å². The van der Waals surface area contributed by atoms with Crippen LogP contribution in [-0.2, 0) is 6.54 Å². The highest BCUT2D eigenvalue weighted by Gasteiger charge is 2.11. The summed E-state index contributed by atoms with van der Waals surface area (Å²) in [6.45, 7) is 2.38. The van der Waals surface area contributed by atoms with E-state index in [-0.39, 0.29) is 11.7 Å². The van der Waals surface area contributed by atoms with Crippen molar-refractivity contribution in [2.75, 3.05) is 0 Å². The van der Waals surface area contributed by atoms with Crippen LogP contribution in [0.4, 0.5) is 0 Å². The standard InChI is InChI=1S/C22H17N5O2S/c1-13-8-17(28)9-18-19(13)30-21(26-18)15-4-2-14(3-5-15)10-24-20(29)16-11-25-22-23-6-7-27(22)12-16/h2-9,11-12,28H,10H2,1H3,(H,24,29). The van der Waals surface area contributed by atoms with Gasteiger partial charge in [0.1, 0.15) is 10.8 Å². The predicted molar refractivity (Wildman–Crippen MR) is 116 cm³/mol. The molecule has 2 N–H and O–H groups in total. The third-order valence-electron chi connectivity index (χ3n) is 4.82. The smallest absolute Gasteiger partial charge is 0.254 e. The fraction of sp³-hybridized carbons (Fsp3) is 0.0909. The molecule has 1 amide bonds. The first-order valence-electron chi connectivity index (χ1n) is 9.33. The number of phenols is 1. The fourth-order valence-corrected chi connectivity index (χ4v) is 4.31. The van der Waals surface area contributed by atoms with Gasteiger partial charge in [0.2, 0.25) is 5.78 Å². The Bertz CT molecular complexity index is 1390. The minimum Gasteiger partial charge on any atom is -0.508 e. The number of thiazole rings is 1. The van der Waals surface area contributed by atoms with E-state index in [1.165, 1.54) is 6.20 Å². The Hall–Kier alpha value is -3.78. The summed E-state index contributed by atoms with van der Waals surface area (Å²) in [5.74, 6) is 0.594. The lowest BCUT2D eigenvalue weighted by Crippen LogP contribution is -2.23. The molecule has 0 fully saturated rings. The van der Waals surface area contributed by atoms with Gasteiger partial charge in [-0.2, -0.15) is 0 Å². The fourth-order valence-electron chi connectivity index (χ4n) is 3.29. The molecule has 0 saturated heterocycles. The Labute approximate surface area is 175 Å². The largest absolute Gasteiger partial charge is 0.508 e. The number of rotatable bonds is 4. The van der Waals surface area contributed by atoms with Gasteiger partial charge in [0.15, 0.2) is 0 Å². The lowest BCUT2D eigenvalue weighted by molar-refractivity contribution is 0.0950. The van der Waals surface area contributed by atoms with Gasteiger partial charge in [-0.25, -0.2) is 15.0 Å². The quantitative estimate of drug-likeness (QED) is 0.464. The van der Waals surface area contributed by atoms with Gasteiger partial charge in [0.25, 0.3) is 5.91 Å². The zero-order valence-electron chi connectivity index (χ0n) is 16.0. The van der Waals surface area contributed by atoms with Crippen molar-refractivity contribution in [2.24, 2.45) is 0 Å². The van der Waals surface area contributed by atoms with E-state index in [4.69, 9.17) is 0 Å². The highest BCUT2D eigenvalue weighted by atomic mass is 32.1. The Kier molecular flexibility index (Phi) is 4.40. The van der Waals surface area contributed by atoms with Crippen LogP contribution >= 0.6 is 11.3 Å². The van der Waals surface area contributed by atoms with E-state index in [1.807, 2.05) is 31.2 Å². The van der Waals surface area contributed by atoms with Crippen molar-refractivity contribution < 1.29 is 9.90 Å². The number of nitrogens with zero attached hydrogens (tertiary/aromatic N) is 4. The average molecular weight is 415 g/mol. The molecule has 7 nitrogen and oxygen atoms in total. The second kappa shape index (κ2) is 7.23. The molecule has 3 aromatic heterocycles. The van der Waals surface area contributed by atoms with Crippen molar-refractivity contribution in [2.45, 2.75) is 13.5 Å². The van der Waals surface area contributed by atoms with E-state index in [1.54, 1.807) is 46.5 Å². The number of carbonyl (C=O) groups excluding carboxylic acids is 1. The highest BCUT2D eigenvalue weighted by Crippen LogP contribution is 2.34. The number of benzene rings is 2. The molecule has 5 aromatic rings. The Balaban J connectivity index is 1.30. The van der Waals surface area contributed by atoms with E-state index in [9.17, 15) is 9.90 Å². The molecule has 0 aliphatic rings. The molecular formula is C22H17N5O2S. The van der Waals surface area contributed by atoms with Crippen LogP contribution in [0.5, 0.6) is 5.75 Å². The maximum absolute atomic E-state index is 12.4. The summed E-state index contributed by atoms with van der Waals surface area (Å²) >= 11 is 1.60. The summed E-state index contributed by atoms with van der Waals surface area (Å²) in [5, 5.41) is 13.6. The van der Waals surface area contributed by atoms with Crippen molar-refractivity contribution in [1.82, 2.24) is 24.7 Å². The maximum atomic E-state index is 12.4. The van der Waals surface area contributed by atoms with Crippen LogP contribution in [0.3, 0.4) is 0 Å². The second-order valence-corrected chi connectivity index (χ2v) is 7.99. The first-order chi connectivity index (χ1) is 14.6. The summed E-state index contributed by atoms with van der Waals surface area (Å²) in [7, 11) is 0. The van der Waals surface area contributed by atoms with Crippen LogP contribution < -0.4 is 5.32 Å². The highest BCUT2D eigenvalue weighted by molar-refractivity contribution is 7.21. The monoisotopic (exact) mass is 415 g/mol. The molecule has 30 heavy (non-hydrogen) atoms. The van der Waals surface area contributed by atoms with Crippen molar-refractivity contribution >= 4 is 33.2 Å². The van der Waals surface area contributed by atoms with Gasteiger partial charge in [0, 0.05) is 43.0 Å². The van der Waals surface area contributed by atoms with Crippen LogP contribution in [0.15, 0.2) is 61.2 Å². The zero-order valence-corrected chi connectivity index (χ0v) is 16.8. The maximum Gasteiger partial charge on any atom is 0.254 e. The van der Waals surface area contributed by atoms with E-state index < -0.39 is 0 Å². The molecule has 0 aliphatic heterocycles. The van der Waals surface area contributed by atoms with Crippen LogP contribution in [0.25, 0.3) is 26.6 Å². The number of aromatic nitrogens is 4. The van der Waals surface area contributed by atoms with Crippen molar-refractivity contribution in [3.63, 3.8) is 0 Å². The lowest BCUT2D eigenvalue weighted by Gasteiger charge is -2.06. The summed E-state index contributed by atoms with van der Waals surface area (Å²) in [6.07, 6.45) is 6.62. The van der Waals surface area contributed by atoms with Gasteiger partial charge >= 0.3 is 0 Å². The number of amides is 1. The molecule has 8 heteroatoms. The number of hydrogen-bond donors (Lipinski definition) is 2. The Morgan fingerprint density at radius 1 is 1.20 bits per heavy atom. The molecule has 0 bridgehead atoms. The molecule has 2 aromatic carbocycles. The molecule has 0 atom stereocenters. The average Bonchev–Trinajstić information content (AvgIpc) is 3.38. The molecule has 3 heterocycles. The van der Waals surface area contributed by atoms with E-state index in [0.717, 1.165) is 31.9 Å². The third kappa shape index (κ3) is 3.37. The van der Waals surface area contributed by atoms with E-state index in [0.29, 0.717) is 17.9 Å². The Morgan fingerprint density at radius 2 is 2.03 bits per heavy atom. The van der Waals surface area contributed by atoms with Crippen molar-refractivity contribution in [1.29, 1.82) is 0 Å². The predicted octanol–water partition coefficient (Wildman–Crippen LogP) is 3.95. The summed E-state index contributed by atoms with van der Waals surface area (Å²) in [4.78, 5) is 25.3. The molecule has 0 spiro atoms. The second-order valence-electron chi connectivity index (χ2n) is 6.99. The van der Waals surface area contributed by atoms with Crippen molar-refractivity contribution in [3.05, 3.63) is 77.9 Å². The summed E-state index contributed by atoms with van der Waals surface area (Å²) in [6, 6.07) is 11.4. The molecule has 0 aliphatic carbocycles. The lowest BCUT2D eigenvalue weighted by atomic mass is 10.1. The van der Waals surface area contributed by atoms with Crippen LogP contribution in [-0.4, -0.2) is 30.4 Å². The number of phenolic OH excluding ortho intramolecular Hbond substituents is 1. The molecule has 0 saturated carbocycles. The summed E-state index contributed by atoms with van der Waals surface area (Å²) in [5.41, 5.74) is 4.27. The van der Waals surface area contributed by atoms with Gasteiger partial charge in [-0.1, -0.05) is 24.3 Å². The third-order valence-corrected chi connectivity index (χ3v) is 6.08. The zero-order chi connectivity index (χ0) is 20.7. The van der Waals surface area contributed by atoms with Crippen molar-refractivity contribution in [3.8, 4) is 16.3 Å². The number of aromatic hydroxyl groups is 1. The molecule has 0 radical (unpaired) electrons. The summed E-state index contributed by atoms with van der Waals surface area (Å²) < 4.78 is 2.78. The van der Waals surface area contributed by atoms with Gasteiger partial charge in [-0.15, -0.1) is 11.3 Å². The number of fused-ring (bicyclic) bond motifs is 2. The van der Waals surface area contributed by atoms with Gasteiger partial charge in [0.05, 0.1) is 15.8 Å². The molecule has 148 valence electrons. The normalized spacial score (nSPS) is 11.2. The van der Waals surface area contributed by atoms with Gasteiger partial charge in [-0.3, -0.25) is 9.20 Å². The minimum absolute atomic E-state index is 0.191. The number of aryl methyl sites for hydroxylation is 1. The first-order valence-corrected chi connectivity index (χ1v) is 10.1. The molecular weight excluding hydrogens is 398 g/mol.